The van der Waals surface area contributed by atoms with E-state index in [9.17, 15) is 39.6 Å². The molecule has 0 unspecified atom stereocenters. The zero-order valence-corrected chi connectivity index (χ0v) is 27.7. The van der Waals surface area contributed by atoms with Gasteiger partial charge in [-0.2, -0.15) is 0 Å². The van der Waals surface area contributed by atoms with Gasteiger partial charge in [-0.3, -0.25) is 28.8 Å². The van der Waals surface area contributed by atoms with Gasteiger partial charge in [0.1, 0.15) is 21.0 Å². The lowest BCUT2D eigenvalue weighted by molar-refractivity contribution is -0.173. The number of rotatable bonds is 6. The maximum absolute atomic E-state index is 15.0. The summed E-state index contributed by atoms with van der Waals surface area (Å²) < 4.78 is 16.6. The summed E-state index contributed by atoms with van der Waals surface area (Å²) in [6.07, 6.45) is -7.60. The maximum Gasteiger partial charge on any atom is 0.308 e. The molecule has 4 aliphatic rings. The van der Waals surface area contributed by atoms with E-state index >= 15 is 9.59 Å². The number of aromatic hydroxyl groups is 2. The molecule has 0 saturated carbocycles. The largest absolute Gasteiger partial charge is 0.507 e. The van der Waals surface area contributed by atoms with Crippen molar-refractivity contribution in [3.05, 3.63) is 58.7 Å². The number of methoxy groups -OCH3 is 2. The lowest BCUT2D eigenvalue weighted by Gasteiger charge is -2.61. The third-order valence-electron chi connectivity index (χ3n) is 10.3. The van der Waals surface area contributed by atoms with Crippen molar-refractivity contribution < 1.29 is 68.1 Å². The van der Waals surface area contributed by atoms with E-state index in [1.165, 1.54) is 38.1 Å². The molecule has 2 aromatic rings. The zero-order valence-electron chi connectivity index (χ0n) is 26.9. The van der Waals surface area contributed by atoms with Gasteiger partial charge in [0.25, 0.3) is 0 Å². The number of Topliss-reactive ketones (excluding diaryl/α,β-unsaturated/α-hetero) is 4. The number of carbonyl (C=O) groups excluding carboxylic acids is 6. The average Bonchev–Trinajstić information content (AvgIpc) is 3.06. The van der Waals surface area contributed by atoms with E-state index in [4.69, 9.17) is 18.9 Å². The number of ketones is 4. The number of aliphatic hydroxyl groups is 2. The minimum atomic E-state index is -2.86. The molecule has 8 atom stereocenters. The van der Waals surface area contributed by atoms with Gasteiger partial charge in [0.15, 0.2) is 22.8 Å². The quantitative estimate of drug-likeness (QED) is 0.316. The number of phenolic OH excluding ortho intramolecular Hbond substituents is 2. The zero-order chi connectivity index (χ0) is 35.8. The topological polar surface area (TPSA) is 220 Å². The molecular formula is C34H34O14S. The van der Waals surface area contributed by atoms with E-state index < -0.39 is 128 Å². The monoisotopic (exact) mass is 698 g/mol. The molecule has 0 bridgehead atoms. The van der Waals surface area contributed by atoms with Gasteiger partial charge in [0.05, 0.1) is 62.6 Å². The maximum atomic E-state index is 15.0. The Morgan fingerprint density at radius 2 is 1.08 bits per heavy atom. The average molecular weight is 699 g/mol. The van der Waals surface area contributed by atoms with Crippen LogP contribution in [0, 0.1) is 0 Å². The molecule has 2 aromatic carbocycles. The molecule has 0 aromatic heterocycles. The van der Waals surface area contributed by atoms with Crippen LogP contribution in [0.1, 0.15) is 81.0 Å². The van der Waals surface area contributed by atoms with Gasteiger partial charge in [-0.05, 0) is 38.8 Å². The standard InChI is InChI=1S/C34H34O14S/c1-15-33(43)29(41)25-19(7-5-9-21(25)35)27(39)31(33,13-17(47-15)11-23(37)45-3)49-32-14-18(12-24(38)46-4)48-16(2)34(32,44)30(42)26-20(28(32)40)8-6-10-22(26)36/h5-10,15-18,35-36,43-44H,11-14H2,1-4H3/t15-,16+,17-,18-,31+,32-,33-,34+/m0/s1. The number of thioether (sulfide) groups is 1. The summed E-state index contributed by atoms with van der Waals surface area (Å²) in [5.41, 5.74) is -7.33. The summed E-state index contributed by atoms with van der Waals surface area (Å²) in [6.45, 7) is 2.57. The lowest BCUT2D eigenvalue weighted by atomic mass is 9.63. The van der Waals surface area contributed by atoms with Gasteiger partial charge in [0, 0.05) is 11.1 Å². The number of carbonyl (C=O) groups is 6. The van der Waals surface area contributed by atoms with Crippen molar-refractivity contribution in [1.82, 2.24) is 0 Å². The van der Waals surface area contributed by atoms with E-state index in [0.29, 0.717) is 11.8 Å². The highest BCUT2D eigenvalue weighted by Gasteiger charge is 2.78. The van der Waals surface area contributed by atoms with Gasteiger partial charge in [0.2, 0.25) is 11.6 Å². The van der Waals surface area contributed by atoms with Crippen molar-refractivity contribution in [2.45, 2.75) is 84.6 Å². The Hall–Kier alpha value is -4.15. The summed E-state index contributed by atoms with van der Waals surface area (Å²) in [7, 11) is 2.26. The number of phenols is 2. The first kappa shape index (κ1) is 34.7. The minimum Gasteiger partial charge on any atom is -0.507 e. The van der Waals surface area contributed by atoms with Crippen molar-refractivity contribution >= 4 is 46.8 Å². The van der Waals surface area contributed by atoms with Crippen molar-refractivity contribution in [3.63, 3.8) is 0 Å². The van der Waals surface area contributed by atoms with Crippen LogP contribution in [0.5, 0.6) is 11.5 Å². The van der Waals surface area contributed by atoms with Crippen LogP contribution >= 0.6 is 11.8 Å². The van der Waals surface area contributed by atoms with Gasteiger partial charge in [-0.25, -0.2) is 0 Å². The Balaban J connectivity index is 1.66. The van der Waals surface area contributed by atoms with Crippen LogP contribution < -0.4 is 0 Å². The van der Waals surface area contributed by atoms with Crippen molar-refractivity contribution in [2.75, 3.05) is 14.2 Å². The summed E-state index contributed by atoms with van der Waals surface area (Å²) in [4.78, 5) is 83.9. The van der Waals surface area contributed by atoms with Crippen molar-refractivity contribution in [2.24, 2.45) is 0 Å². The fourth-order valence-electron chi connectivity index (χ4n) is 7.91. The Bertz CT molecular complexity index is 1690. The lowest BCUT2D eigenvalue weighted by Crippen LogP contribution is -2.79. The Kier molecular flexibility index (Phi) is 8.31. The Morgan fingerprint density at radius 1 is 0.714 bits per heavy atom. The van der Waals surface area contributed by atoms with Crippen LogP contribution in [0.2, 0.25) is 0 Å². The number of hydrogen-bond donors (Lipinski definition) is 4. The first-order valence-electron chi connectivity index (χ1n) is 15.5. The van der Waals surface area contributed by atoms with E-state index in [1.807, 2.05) is 0 Å². The smallest absolute Gasteiger partial charge is 0.308 e. The second kappa shape index (κ2) is 11.7. The molecule has 14 nitrogen and oxygen atoms in total. The highest BCUT2D eigenvalue weighted by atomic mass is 32.2. The van der Waals surface area contributed by atoms with Crippen molar-refractivity contribution in [3.8, 4) is 11.5 Å². The molecule has 0 radical (unpaired) electrons. The number of esters is 2. The first-order valence-corrected chi connectivity index (χ1v) is 16.3. The molecule has 2 saturated heterocycles. The second-order valence-electron chi connectivity index (χ2n) is 12.8. The molecule has 2 aliphatic carbocycles. The number of ether oxygens (including phenoxy) is 4. The minimum absolute atomic E-state index is 0.313. The van der Waals surface area contributed by atoms with E-state index in [-0.39, 0.29) is 11.1 Å². The normalized spacial score (nSPS) is 35.1. The van der Waals surface area contributed by atoms with Gasteiger partial charge in [-0.15, -0.1) is 11.8 Å². The molecule has 2 aliphatic heterocycles. The molecule has 0 spiro atoms. The molecule has 15 heteroatoms. The third kappa shape index (κ3) is 4.55. The fourth-order valence-corrected chi connectivity index (χ4v) is 10.3. The Labute approximate surface area is 283 Å². The molecular weight excluding hydrogens is 664 g/mol. The van der Waals surface area contributed by atoms with E-state index in [0.717, 1.165) is 26.4 Å². The number of hydrogen-bond acceptors (Lipinski definition) is 15. The molecule has 6 rings (SSSR count). The van der Waals surface area contributed by atoms with Crippen LogP contribution in [0.3, 0.4) is 0 Å². The SMILES string of the molecule is COC(=O)C[C@H]1C[C@@]2(S[C@]34C[C@H](CC(=O)OC)O[C@H](C)[C@@]3(O)C(=O)c3c(O)cccc3C4=O)C(=O)c3cccc(O)c3C(=O)[C@@]2(O)[C@H](C)O1. The summed E-state index contributed by atoms with van der Waals surface area (Å²) in [5.74, 6) is -6.87. The summed E-state index contributed by atoms with van der Waals surface area (Å²) in [6, 6.07) is 7.44. The predicted octanol–water partition coefficient (Wildman–Crippen LogP) is 1.71. The number of fused-ring (bicyclic) bond motifs is 4. The molecule has 49 heavy (non-hydrogen) atoms. The van der Waals surface area contributed by atoms with E-state index in [1.54, 1.807) is 0 Å². The second-order valence-corrected chi connectivity index (χ2v) is 14.4. The van der Waals surface area contributed by atoms with Crippen LogP contribution in [-0.4, -0.2) is 115 Å². The summed E-state index contributed by atoms with van der Waals surface area (Å²) >= 11 is 0.381. The van der Waals surface area contributed by atoms with Crippen LogP contribution in [0.25, 0.3) is 0 Å². The Morgan fingerprint density at radius 3 is 1.43 bits per heavy atom. The highest BCUT2D eigenvalue weighted by Crippen LogP contribution is 2.64. The van der Waals surface area contributed by atoms with E-state index in [2.05, 4.69) is 0 Å². The number of benzene rings is 2. The fraction of sp³-hybridized carbons (Fsp3) is 0.471. The van der Waals surface area contributed by atoms with Crippen LogP contribution in [0.15, 0.2) is 36.4 Å². The molecule has 2 heterocycles. The molecule has 2 fully saturated rings. The van der Waals surface area contributed by atoms with Gasteiger partial charge >= 0.3 is 11.9 Å². The molecule has 4 N–H and O–H groups in total. The molecule has 0 amide bonds. The highest BCUT2D eigenvalue weighted by molar-refractivity contribution is 8.03. The summed E-state index contributed by atoms with van der Waals surface area (Å²) in [5, 5.41) is 46.8. The first-order chi connectivity index (χ1) is 23.0. The van der Waals surface area contributed by atoms with Crippen LogP contribution in [0.4, 0.5) is 0 Å². The van der Waals surface area contributed by atoms with Gasteiger partial charge < -0.3 is 39.4 Å². The van der Waals surface area contributed by atoms with Gasteiger partial charge in [-0.1, -0.05) is 24.3 Å². The molecule has 260 valence electrons. The predicted molar refractivity (Wildman–Crippen MR) is 168 cm³/mol. The van der Waals surface area contributed by atoms with Crippen molar-refractivity contribution in [1.29, 1.82) is 0 Å². The van der Waals surface area contributed by atoms with Crippen LogP contribution in [-0.2, 0) is 28.5 Å². The third-order valence-corrected chi connectivity index (χ3v) is 12.3.